The molecule has 0 amide bonds. The second-order valence-electron chi connectivity index (χ2n) is 8.49. The van der Waals surface area contributed by atoms with Crippen LogP contribution in [0, 0.1) is 12.8 Å². The first-order valence-corrected chi connectivity index (χ1v) is 12.0. The Kier molecular flexibility index (Phi) is 9.82. The summed E-state index contributed by atoms with van der Waals surface area (Å²) in [5, 5.41) is 24.6. The average Bonchev–Trinajstić information content (AvgIpc) is 2.88. The highest BCUT2D eigenvalue weighted by Gasteiger charge is 2.15. The van der Waals surface area contributed by atoms with Crippen LogP contribution in [0.25, 0.3) is 0 Å². The molecule has 0 fully saturated rings. The predicted octanol–water partition coefficient (Wildman–Crippen LogP) is 3.50. The van der Waals surface area contributed by atoms with E-state index in [1.165, 1.54) is 0 Å². The zero-order chi connectivity index (χ0) is 25.9. The number of hydrogen-bond donors (Lipinski definition) is 4. The van der Waals surface area contributed by atoms with Crippen molar-refractivity contribution in [2.45, 2.75) is 26.7 Å². The highest BCUT2D eigenvalue weighted by atomic mass is 16.5. The monoisotopic (exact) mass is 494 g/mol. The van der Waals surface area contributed by atoms with Crippen molar-refractivity contribution >= 4 is 29.5 Å². The van der Waals surface area contributed by atoms with E-state index in [0.717, 1.165) is 16.8 Å². The molecule has 0 bridgehead atoms. The first-order valence-electron chi connectivity index (χ1n) is 12.0. The zero-order valence-corrected chi connectivity index (χ0v) is 20.9. The van der Waals surface area contributed by atoms with Gasteiger partial charge in [-0.25, -0.2) is 0 Å². The van der Waals surface area contributed by atoms with Gasteiger partial charge in [-0.1, -0.05) is 36.8 Å². The Hall–Kier alpha value is -3.92. The number of aromatic nitrogens is 3. The lowest BCUT2D eigenvalue weighted by molar-refractivity contribution is -0.141. The maximum Gasteiger partial charge on any atom is 0.306 e. The number of carbonyl (C=O) groups is 1. The molecule has 0 aliphatic heterocycles. The molecule has 36 heavy (non-hydrogen) atoms. The molecular formula is C26H34N6O4. The standard InChI is InChI=1S/C26H34N6O4/c1-4-20(23(34)35)17-19-7-11-22(12-8-19)36-16-14-32(3)26-30-24(27-13-15-33)29-25(31-26)28-21-9-5-18(2)6-10-21/h5-12,20,33H,4,13-17H2,1-3H3,(H,34,35)(H2,27,28,29,30,31). The Balaban J connectivity index is 1.61. The highest BCUT2D eigenvalue weighted by molar-refractivity contribution is 5.70. The van der Waals surface area contributed by atoms with Gasteiger partial charge in [0.15, 0.2) is 0 Å². The van der Waals surface area contributed by atoms with Crippen molar-refractivity contribution < 1.29 is 19.7 Å². The van der Waals surface area contributed by atoms with Crippen LogP contribution in [0.4, 0.5) is 23.5 Å². The van der Waals surface area contributed by atoms with Crippen LogP contribution in [0.1, 0.15) is 24.5 Å². The minimum Gasteiger partial charge on any atom is -0.492 e. The van der Waals surface area contributed by atoms with Crippen molar-refractivity contribution in [2.24, 2.45) is 5.92 Å². The number of nitrogens with zero attached hydrogens (tertiary/aromatic N) is 4. The number of likely N-dealkylation sites (N-methyl/N-ethyl adjacent to an activating group) is 1. The number of aliphatic hydroxyl groups is 1. The van der Waals surface area contributed by atoms with Crippen LogP contribution in [-0.2, 0) is 11.2 Å². The average molecular weight is 495 g/mol. The molecule has 4 N–H and O–H groups in total. The van der Waals surface area contributed by atoms with Crippen LogP contribution >= 0.6 is 0 Å². The van der Waals surface area contributed by atoms with Crippen LogP contribution in [0.15, 0.2) is 48.5 Å². The van der Waals surface area contributed by atoms with Gasteiger partial charge in [-0.05, 0) is 49.6 Å². The van der Waals surface area contributed by atoms with Crippen molar-refractivity contribution in [3.8, 4) is 5.75 Å². The van der Waals surface area contributed by atoms with E-state index < -0.39 is 5.97 Å². The third-order valence-corrected chi connectivity index (χ3v) is 5.61. The lowest BCUT2D eigenvalue weighted by Gasteiger charge is -2.19. The first kappa shape index (κ1) is 26.7. The van der Waals surface area contributed by atoms with Gasteiger partial charge in [-0.2, -0.15) is 15.0 Å². The minimum atomic E-state index is -0.772. The number of carboxylic acid groups (broad SMARTS) is 1. The van der Waals surface area contributed by atoms with E-state index in [1.54, 1.807) is 0 Å². The number of anilines is 4. The van der Waals surface area contributed by atoms with Crippen molar-refractivity contribution in [3.63, 3.8) is 0 Å². The molecular weight excluding hydrogens is 460 g/mol. The third-order valence-electron chi connectivity index (χ3n) is 5.61. The number of benzene rings is 2. The van der Waals surface area contributed by atoms with E-state index in [9.17, 15) is 9.90 Å². The molecule has 0 saturated heterocycles. The van der Waals surface area contributed by atoms with E-state index in [-0.39, 0.29) is 12.5 Å². The Morgan fingerprint density at radius 3 is 2.39 bits per heavy atom. The van der Waals surface area contributed by atoms with Gasteiger partial charge < -0.3 is 30.5 Å². The SMILES string of the molecule is CCC(Cc1ccc(OCCN(C)c2nc(NCCO)nc(Nc3ccc(C)cc3)n2)cc1)C(=O)O. The molecule has 10 nitrogen and oxygen atoms in total. The number of hydrogen-bond acceptors (Lipinski definition) is 9. The normalized spacial score (nSPS) is 11.6. The predicted molar refractivity (Wildman–Crippen MR) is 140 cm³/mol. The smallest absolute Gasteiger partial charge is 0.306 e. The summed E-state index contributed by atoms with van der Waals surface area (Å²) in [5.74, 6) is 0.758. The zero-order valence-electron chi connectivity index (χ0n) is 20.9. The van der Waals surface area contributed by atoms with Gasteiger partial charge in [0.2, 0.25) is 17.8 Å². The van der Waals surface area contributed by atoms with Crippen molar-refractivity contribution in [1.29, 1.82) is 0 Å². The molecule has 1 unspecified atom stereocenters. The van der Waals surface area contributed by atoms with Crippen molar-refractivity contribution in [2.75, 3.05) is 48.9 Å². The Morgan fingerprint density at radius 2 is 1.75 bits per heavy atom. The molecule has 2 aromatic carbocycles. The van der Waals surface area contributed by atoms with Gasteiger partial charge in [0.05, 0.1) is 19.1 Å². The topological polar surface area (TPSA) is 133 Å². The fourth-order valence-electron chi connectivity index (χ4n) is 3.42. The lowest BCUT2D eigenvalue weighted by Crippen LogP contribution is -2.26. The summed E-state index contributed by atoms with van der Waals surface area (Å²) < 4.78 is 5.87. The largest absolute Gasteiger partial charge is 0.492 e. The lowest BCUT2D eigenvalue weighted by atomic mass is 9.97. The van der Waals surface area contributed by atoms with Crippen LogP contribution in [-0.4, -0.2) is 64.5 Å². The summed E-state index contributed by atoms with van der Waals surface area (Å²) in [6, 6.07) is 15.4. The first-order chi connectivity index (χ1) is 17.4. The number of carboxylic acids is 1. The summed E-state index contributed by atoms with van der Waals surface area (Å²) in [7, 11) is 1.87. The van der Waals surface area contributed by atoms with Crippen LogP contribution in [0.5, 0.6) is 5.75 Å². The van der Waals surface area contributed by atoms with Gasteiger partial charge in [-0.15, -0.1) is 0 Å². The maximum atomic E-state index is 11.3. The van der Waals surface area contributed by atoms with Gasteiger partial charge >= 0.3 is 5.97 Å². The fourth-order valence-corrected chi connectivity index (χ4v) is 3.42. The molecule has 0 radical (unpaired) electrons. The van der Waals surface area contributed by atoms with E-state index in [4.69, 9.17) is 9.84 Å². The van der Waals surface area contributed by atoms with Gasteiger partial charge in [0, 0.05) is 19.3 Å². The minimum absolute atomic E-state index is 0.0420. The van der Waals surface area contributed by atoms with E-state index >= 15 is 0 Å². The molecule has 10 heteroatoms. The highest BCUT2D eigenvalue weighted by Crippen LogP contribution is 2.19. The van der Waals surface area contributed by atoms with Crippen LogP contribution in [0.3, 0.4) is 0 Å². The summed E-state index contributed by atoms with van der Waals surface area (Å²) >= 11 is 0. The quantitative estimate of drug-likeness (QED) is 0.264. The van der Waals surface area contributed by atoms with Crippen LogP contribution in [0.2, 0.25) is 0 Å². The number of nitrogens with one attached hydrogen (secondary N) is 2. The molecule has 3 aromatic rings. The van der Waals surface area contributed by atoms with Crippen molar-refractivity contribution in [1.82, 2.24) is 15.0 Å². The molecule has 3 rings (SSSR count). The number of rotatable bonds is 14. The van der Waals surface area contributed by atoms with Crippen molar-refractivity contribution in [3.05, 3.63) is 59.7 Å². The molecule has 1 atom stereocenters. The van der Waals surface area contributed by atoms with Gasteiger partial charge in [-0.3, -0.25) is 4.79 Å². The molecule has 0 spiro atoms. The number of aliphatic hydroxyl groups excluding tert-OH is 1. The van der Waals surface area contributed by atoms with E-state index in [2.05, 4.69) is 25.6 Å². The summed E-state index contributed by atoms with van der Waals surface area (Å²) in [6.07, 6.45) is 1.09. The summed E-state index contributed by atoms with van der Waals surface area (Å²) in [5.41, 5.74) is 2.98. The maximum absolute atomic E-state index is 11.3. The number of aliphatic carboxylic acids is 1. The molecule has 0 aliphatic rings. The van der Waals surface area contributed by atoms with E-state index in [1.807, 2.05) is 74.3 Å². The van der Waals surface area contributed by atoms with Gasteiger partial charge in [0.25, 0.3) is 0 Å². The Morgan fingerprint density at radius 1 is 1.06 bits per heavy atom. The molecule has 192 valence electrons. The number of ether oxygens (including phenoxy) is 1. The molecule has 0 aliphatic carbocycles. The summed E-state index contributed by atoms with van der Waals surface area (Å²) in [6.45, 7) is 5.10. The Labute approximate surface area is 211 Å². The third kappa shape index (κ3) is 8.09. The Bertz CT molecular complexity index is 1110. The summed E-state index contributed by atoms with van der Waals surface area (Å²) in [4.78, 5) is 26.5. The molecule has 1 aromatic heterocycles. The van der Waals surface area contributed by atoms with Crippen LogP contribution < -0.4 is 20.3 Å². The number of aryl methyl sites for hydroxylation is 1. The second-order valence-corrected chi connectivity index (χ2v) is 8.49. The second kappa shape index (κ2) is 13.2. The molecule has 1 heterocycles. The van der Waals surface area contributed by atoms with E-state index in [0.29, 0.717) is 56.1 Å². The van der Waals surface area contributed by atoms with Gasteiger partial charge in [0.1, 0.15) is 12.4 Å². The fraction of sp³-hybridized carbons (Fsp3) is 0.385. The molecule has 0 saturated carbocycles.